The monoisotopic (exact) mass is 604 g/mol. The first-order valence-electron chi connectivity index (χ1n) is 14.9. The number of carbonyl (C=O) groups is 3. The molecule has 3 saturated heterocycles. The smallest absolute Gasteiger partial charge is 0.430 e. The number of alkyl halides is 3. The van der Waals surface area contributed by atoms with Crippen LogP contribution in [0.5, 0.6) is 0 Å². The summed E-state index contributed by atoms with van der Waals surface area (Å²) in [6.45, 7) is 4.37. The predicted octanol–water partition coefficient (Wildman–Crippen LogP) is 3.07. The lowest BCUT2D eigenvalue weighted by molar-refractivity contribution is -0.945. The lowest BCUT2D eigenvalue weighted by Crippen LogP contribution is -2.66. The number of rotatable bonds is 9. The highest BCUT2D eigenvalue weighted by atomic mass is 19.4. The molecule has 0 aromatic heterocycles. The minimum atomic E-state index is -5.19. The second-order valence-corrected chi connectivity index (χ2v) is 11.9. The zero-order chi connectivity index (χ0) is 31.1. The average molecular weight is 605 g/mol. The number of amides is 1. The van der Waals surface area contributed by atoms with Gasteiger partial charge in [-0.25, -0.2) is 4.79 Å². The summed E-state index contributed by atoms with van der Waals surface area (Å²) in [5.74, 6) is -2.57. The molecule has 4 fully saturated rings. The number of nitrogens with one attached hydrogen (secondary N) is 1. The number of aliphatic hydroxyl groups is 1. The Morgan fingerprint density at radius 1 is 0.907 bits per heavy atom. The van der Waals surface area contributed by atoms with Gasteiger partial charge in [0.05, 0.1) is 26.2 Å². The molecule has 2 N–H and O–H groups in total. The summed E-state index contributed by atoms with van der Waals surface area (Å²) in [7, 11) is 0. The van der Waals surface area contributed by atoms with Gasteiger partial charge in [-0.1, -0.05) is 73.5 Å². The Bertz CT molecular complexity index is 1190. The second kappa shape index (κ2) is 13.9. The van der Waals surface area contributed by atoms with Crippen LogP contribution in [-0.2, 0) is 24.7 Å². The van der Waals surface area contributed by atoms with Crippen LogP contribution in [0.15, 0.2) is 60.7 Å². The molecule has 2 bridgehead atoms. The van der Waals surface area contributed by atoms with Crippen molar-refractivity contribution in [2.75, 3.05) is 32.7 Å². The Balaban J connectivity index is 0.000000541. The summed E-state index contributed by atoms with van der Waals surface area (Å²) in [6, 6.07) is 18.1. The van der Waals surface area contributed by atoms with Crippen molar-refractivity contribution in [3.05, 3.63) is 71.8 Å². The van der Waals surface area contributed by atoms with Gasteiger partial charge in [0.25, 0.3) is 0 Å². The molecule has 1 atom stereocenters. The Kier molecular flexibility index (Phi) is 10.5. The van der Waals surface area contributed by atoms with Gasteiger partial charge >= 0.3 is 12.1 Å². The van der Waals surface area contributed by atoms with Gasteiger partial charge in [-0.05, 0) is 29.9 Å². The summed E-state index contributed by atoms with van der Waals surface area (Å²) in [6.07, 6.45) is 2.10. The van der Waals surface area contributed by atoms with Crippen molar-refractivity contribution < 1.29 is 47.0 Å². The average Bonchev–Trinajstić information content (AvgIpc) is 3.51. The van der Waals surface area contributed by atoms with E-state index in [0.29, 0.717) is 35.9 Å². The van der Waals surface area contributed by atoms with Crippen LogP contribution in [0.3, 0.4) is 0 Å². The van der Waals surface area contributed by atoms with Crippen molar-refractivity contribution in [1.29, 1.82) is 0 Å². The zero-order valence-electron chi connectivity index (χ0n) is 24.1. The number of ether oxygens (including phenoxy) is 1. The topological polar surface area (TPSA) is 116 Å². The fraction of sp³-hybridized carbons (Fsp3) is 0.531. The van der Waals surface area contributed by atoms with Gasteiger partial charge in [0, 0.05) is 25.2 Å². The van der Waals surface area contributed by atoms with E-state index in [-0.39, 0.29) is 12.0 Å². The summed E-state index contributed by atoms with van der Waals surface area (Å²) in [5.41, 5.74) is -0.833. The molecule has 2 aromatic rings. The van der Waals surface area contributed by atoms with E-state index in [1.54, 1.807) is 24.3 Å². The van der Waals surface area contributed by atoms with Crippen molar-refractivity contribution in [3.8, 4) is 0 Å². The number of fused-ring (bicyclic) bond motifs is 3. The van der Waals surface area contributed by atoms with E-state index in [9.17, 15) is 27.9 Å². The van der Waals surface area contributed by atoms with Crippen LogP contribution in [0.4, 0.5) is 13.2 Å². The third kappa shape index (κ3) is 8.14. The standard InChI is InChI=1S/C30H38N2O4.C2HF3O2/c33-28(21-23-9-7-8-10-23)31-17-20-32-18-15-24(16-19-32)27(22-32)36-29(34)30(35,25-11-3-1-4-12-25)26-13-5-2-6-14-26;3-2(4,5)1(6)7/h1-6,11-14,23-24,27,35H,7-10,15-22H2;(H,6,7)/t24?,27-,32?;/m0./s1. The molecule has 6 rings (SSSR count). The number of quaternary nitrogens is 1. The Morgan fingerprint density at radius 3 is 1.91 bits per heavy atom. The van der Waals surface area contributed by atoms with Gasteiger partial charge in [0.15, 0.2) is 6.10 Å². The molecule has 234 valence electrons. The molecule has 1 saturated carbocycles. The lowest BCUT2D eigenvalue weighted by Gasteiger charge is -2.52. The molecule has 4 aliphatic rings. The number of carboxylic acid groups (broad SMARTS) is 1. The molecule has 0 radical (unpaired) electrons. The van der Waals surface area contributed by atoms with E-state index in [1.165, 1.54) is 25.7 Å². The second-order valence-electron chi connectivity index (χ2n) is 11.9. The third-order valence-electron chi connectivity index (χ3n) is 9.07. The van der Waals surface area contributed by atoms with Gasteiger partial charge in [-0.15, -0.1) is 0 Å². The molecule has 8 nitrogen and oxygen atoms in total. The summed E-state index contributed by atoms with van der Waals surface area (Å²) in [4.78, 5) is 34.8. The molecule has 0 spiro atoms. The molecule has 3 heterocycles. The minimum absolute atomic E-state index is 0.172. The van der Waals surface area contributed by atoms with Gasteiger partial charge in [0.1, 0.15) is 12.5 Å². The number of hydrogen-bond acceptors (Lipinski definition) is 6. The number of halogens is 3. The van der Waals surface area contributed by atoms with E-state index in [2.05, 4.69) is 5.32 Å². The maximum Gasteiger partial charge on any atom is 0.430 e. The van der Waals surface area contributed by atoms with Gasteiger partial charge in [0.2, 0.25) is 11.5 Å². The van der Waals surface area contributed by atoms with Crippen LogP contribution in [0.25, 0.3) is 0 Å². The largest absolute Gasteiger partial charge is 0.542 e. The van der Waals surface area contributed by atoms with Crippen molar-refractivity contribution >= 4 is 17.8 Å². The zero-order valence-corrected chi connectivity index (χ0v) is 24.1. The van der Waals surface area contributed by atoms with Crippen molar-refractivity contribution in [3.63, 3.8) is 0 Å². The first-order chi connectivity index (χ1) is 20.4. The van der Waals surface area contributed by atoms with E-state index in [1.807, 2.05) is 36.4 Å². The molecule has 1 amide bonds. The van der Waals surface area contributed by atoms with Crippen LogP contribution in [0, 0.1) is 11.8 Å². The maximum atomic E-state index is 13.6. The Morgan fingerprint density at radius 2 is 1.42 bits per heavy atom. The fourth-order valence-corrected chi connectivity index (χ4v) is 6.63. The van der Waals surface area contributed by atoms with E-state index < -0.39 is 23.7 Å². The van der Waals surface area contributed by atoms with E-state index in [4.69, 9.17) is 14.6 Å². The molecule has 3 aliphatic heterocycles. The molecule has 11 heteroatoms. The quantitative estimate of drug-likeness (QED) is 0.336. The Hall–Kier alpha value is -3.44. The lowest BCUT2D eigenvalue weighted by atomic mass is 9.82. The summed E-state index contributed by atoms with van der Waals surface area (Å²) < 4.78 is 38.6. The molecule has 1 aliphatic carbocycles. The van der Waals surface area contributed by atoms with Gasteiger partial charge in [-0.2, -0.15) is 13.2 Å². The first-order valence-corrected chi connectivity index (χ1v) is 14.9. The summed E-state index contributed by atoms with van der Waals surface area (Å²) >= 11 is 0. The number of carbonyl (C=O) groups excluding carboxylic acids is 3. The van der Waals surface area contributed by atoms with Crippen molar-refractivity contribution in [1.82, 2.24) is 5.32 Å². The van der Waals surface area contributed by atoms with Crippen molar-refractivity contribution in [2.45, 2.75) is 62.8 Å². The highest BCUT2D eigenvalue weighted by molar-refractivity contribution is 5.85. The van der Waals surface area contributed by atoms with Crippen molar-refractivity contribution in [2.24, 2.45) is 11.8 Å². The number of piperidine rings is 3. The number of benzene rings is 2. The Labute approximate surface area is 249 Å². The normalized spacial score (nSPS) is 23.6. The molecule has 43 heavy (non-hydrogen) atoms. The number of hydrogen-bond donors (Lipinski definition) is 2. The molecule has 0 unspecified atom stereocenters. The fourth-order valence-electron chi connectivity index (χ4n) is 6.63. The van der Waals surface area contributed by atoms with Gasteiger partial charge in [-0.3, -0.25) is 4.79 Å². The molecular formula is C32H39F3N2O6. The minimum Gasteiger partial charge on any atom is -0.542 e. The number of nitrogens with zero attached hydrogens (tertiary/aromatic N) is 1. The van der Waals surface area contributed by atoms with Gasteiger partial charge < -0.3 is 29.5 Å². The van der Waals surface area contributed by atoms with Crippen LogP contribution < -0.4 is 10.4 Å². The first kappa shape index (κ1) is 32.5. The molecular weight excluding hydrogens is 565 g/mol. The van der Waals surface area contributed by atoms with Crippen LogP contribution >= 0.6 is 0 Å². The van der Waals surface area contributed by atoms with E-state index in [0.717, 1.165) is 43.5 Å². The summed E-state index contributed by atoms with van der Waals surface area (Å²) in [5, 5.41) is 23.7. The SMILES string of the molecule is O=C(CC1CCCC1)NCC[N+]12CCC(CC1)[C@@H](OC(=O)C(O)(c1ccccc1)c1ccccc1)C2.O=C([O-])C(F)(F)F. The maximum absolute atomic E-state index is 13.6. The highest BCUT2D eigenvalue weighted by Gasteiger charge is 2.50. The highest BCUT2D eigenvalue weighted by Crippen LogP contribution is 2.38. The van der Waals surface area contributed by atoms with E-state index >= 15 is 0 Å². The third-order valence-corrected chi connectivity index (χ3v) is 9.07. The predicted molar refractivity (Wildman–Crippen MR) is 149 cm³/mol. The number of aliphatic carboxylic acids is 1. The van der Waals surface area contributed by atoms with Crippen LogP contribution in [-0.4, -0.2) is 72.4 Å². The number of carboxylic acids is 1. The van der Waals surface area contributed by atoms with Crippen LogP contribution in [0.2, 0.25) is 0 Å². The number of esters is 1. The molecule has 2 aromatic carbocycles. The van der Waals surface area contributed by atoms with Crippen LogP contribution in [0.1, 0.15) is 56.1 Å².